The summed E-state index contributed by atoms with van der Waals surface area (Å²) in [5, 5.41) is 8.63. The summed E-state index contributed by atoms with van der Waals surface area (Å²) in [6, 6.07) is 15.8. The lowest BCUT2D eigenvalue weighted by atomic mass is 10.1. The molecule has 1 aromatic heterocycles. The van der Waals surface area contributed by atoms with Gasteiger partial charge in [0, 0.05) is 18.4 Å². The highest BCUT2D eigenvalue weighted by Gasteiger charge is 2.09. The molecule has 1 amide bonds. The second kappa shape index (κ2) is 6.84. The lowest BCUT2D eigenvalue weighted by Crippen LogP contribution is -2.24. The summed E-state index contributed by atoms with van der Waals surface area (Å²) in [4.78, 5) is 12.1. The van der Waals surface area contributed by atoms with Crippen molar-refractivity contribution in [1.82, 2.24) is 15.1 Å². The molecule has 23 heavy (non-hydrogen) atoms. The number of nitrogens with zero attached hydrogens (tertiary/aromatic N) is 2. The highest BCUT2D eigenvalue weighted by molar-refractivity contribution is 6.34. The molecule has 1 heterocycles. The number of aromatic nitrogens is 2. The minimum absolute atomic E-state index is 0.00366. The van der Waals surface area contributed by atoms with Gasteiger partial charge in [-0.1, -0.05) is 48.0 Å². The molecule has 3 aromatic rings. The van der Waals surface area contributed by atoms with Gasteiger partial charge in [-0.05, 0) is 30.2 Å². The molecule has 0 saturated carbocycles. The van der Waals surface area contributed by atoms with Gasteiger partial charge in [-0.3, -0.25) is 9.48 Å². The van der Waals surface area contributed by atoms with E-state index in [0.29, 0.717) is 24.7 Å². The summed E-state index contributed by atoms with van der Waals surface area (Å²) in [5.41, 5.74) is 3.26. The average Bonchev–Trinajstić information content (AvgIpc) is 2.89. The third-order valence-electron chi connectivity index (χ3n) is 3.90. The first kappa shape index (κ1) is 15.6. The second-order valence-electron chi connectivity index (χ2n) is 5.48. The molecule has 0 radical (unpaired) electrons. The van der Waals surface area contributed by atoms with E-state index < -0.39 is 0 Å². The average molecular weight is 328 g/mol. The molecule has 3 rings (SSSR count). The number of nitrogens with one attached hydrogen (secondary N) is 1. The number of carbonyl (C=O) groups excluding carboxylic acids is 1. The number of benzene rings is 2. The molecule has 0 fully saturated rings. The minimum atomic E-state index is 0.00366. The van der Waals surface area contributed by atoms with Gasteiger partial charge in [0.1, 0.15) is 0 Å². The number of carbonyl (C=O) groups is 1. The van der Waals surface area contributed by atoms with E-state index >= 15 is 0 Å². The van der Waals surface area contributed by atoms with Crippen LogP contribution in [0.1, 0.15) is 17.5 Å². The molecule has 4 nitrogen and oxygen atoms in total. The highest BCUT2D eigenvalue weighted by atomic mass is 35.5. The van der Waals surface area contributed by atoms with E-state index in [1.54, 1.807) is 4.68 Å². The molecule has 0 atom stereocenters. The van der Waals surface area contributed by atoms with Gasteiger partial charge in [-0.2, -0.15) is 5.10 Å². The summed E-state index contributed by atoms with van der Waals surface area (Å²) < 4.78 is 1.78. The summed E-state index contributed by atoms with van der Waals surface area (Å²) >= 11 is 6.12. The van der Waals surface area contributed by atoms with Gasteiger partial charge in [-0.25, -0.2) is 0 Å². The molecule has 0 spiro atoms. The number of aryl methyl sites for hydroxylation is 2. The van der Waals surface area contributed by atoms with Crippen LogP contribution < -0.4 is 5.32 Å². The quantitative estimate of drug-likeness (QED) is 0.776. The molecular formula is C18H18ClN3O. The van der Waals surface area contributed by atoms with E-state index in [2.05, 4.69) is 10.4 Å². The fraction of sp³-hybridized carbons (Fsp3) is 0.222. The molecule has 5 heteroatoms. The third-order valence-corrected chi connectivity index (χ3v) is 4.18. The van der Waals surface area contributed by atoms with E-state index in [1.165, 1.54) is 5.56 Å². The zero-order valence-corrected chi connectivity index (χ0v) is 13.7. The summed E-state index contributed by atoms with van der Waals surface area (Å²) in [7, 11) is 0. The molecule has 0 unspecified atom stereocenters. The normalized spacial score (nSPS) is 10.9. The first-order valence-corrected chi connectivity index (χ1v) is 7.95. The highest BCUT2D eigenvalue weighted by Crippen LogP contribution is 2.22. The molecule has 0 saturated heterocycles. The number of para-hydroxylation sites is 1. The van der Waals surface area contributed by atoms with E-state index in [4.69, 9.17) is 11.6 Å². The number of halogens is 1. The first-order valence-electron chi connectivity index (χ1n) is 7.57. The van der Waals surface area contributed by atoms with Crippen LogP contribution in [0.25, 0.3) is 10.9 Å². The largest absolute Gasteiger partial charge is 0.352 e. The van der Waals surface area contributed by atoms with Crippen molar-refractivity contribution >= 4 is 28.4 Å². The van der Waals surface area contributed by atoms with Crippen LogP contribution in [0.5, 0.6) is 0 Å². The fourth-order valence-electron chi connectivity index (χ4n) is 2.56. The van der Waals surface area contributed by atoms with Crippen LogP contribution >= 0.6 is 11.6 Å². The molecule has 0 aliphatic carbocycles. The van der Waals surface area contributed by atoms with Crippen LogP contribution in [0, 0.1) is 6.92 Å². The van der Waals surface area contributed by atoms with E-state index in [0.717, 1.165) is 16.5 Å². The van der Waals surface area contributed by atoms with Crippen molar-refractivity contribution < 1.29 is 4.79 Å². The van der Waals surface area contributed by atoms with Gasteiger partial charge in [0.2, 0.25) is 5.91 Å². The van der Waals surface area contributed by atoms with Crippen LogP contribution in [0.4, 0.5) is 0 Å². The number of hydrogen-bond acceptors (Lipinski definition) is 2. The predicted octanol–water partition coefficient (Wildman–Crippen LogP) is 3.70. The van der Waals surface area contributed by atoms with Gasteiger partial charge in [0.05, 0.1) is 12.1 Å². The summed E-state index contributed by atoms with van der Waals surface area (Å²) in [5.74, 6) is 0.00366. The second-order valence-corrected chi connectivity index (χ2v) is 5.84. The maximum absolute atomic E-state index is 12.1. The molecule has 0 aliphatic rings. The molecule has 2 aromatic carbocycles. The van der Waals surface area contributed by atoms with Crippen molar-refractivity contribution in [1.29, 1.82) is 0 Å². The van der Waals surface area contributed by atoms with Gasteiger partial charge < -0.3 is 5.32 Å². The van der Waals surface area contributed by atoms with E-state index in [9.17, 15) is 4.79 Å². The summed E-state index contributed by atoms with van der Waals surface area (Å²) in [6.07, 6.45) is 0.369. The monoisotopic (exact) mass is 327 g/mol. The Hall–Kier alpha value is -2.33. The van der Waals surface area contributed by atoms with Crippen LogP contribution in [-0.4, -0.2) is 15.7 Å². The van der Waals surface area contributed by atoms with E-state index in [1.807, 2.05) is 55.5 Å². The Kier molecular flexibility index (Phi) is 4.63. The van der Waals surface area contributed by atoms with Gasteiger partial charge in [0.15, 0.2) is 5.15 Å². The zero-order valence-electron chi connectivity index (χ0n) is 12.9. The maximum Gasteiger partial charge on any atom is 0.222 e. The van der Waals surface area contributed by atoms with Crippen molar-refractivity contribution in [2.24, 2.45) is 0 Å². The SMILES string of the molecule is Cc1ccccc1CNC(=O)CCn1nc(Cl)c2ccccc21. The zero-order chi connectivity index (χ0) is 16.2. The smallest absolute Gasteiger partial charge is 0.222 e. The van der Waals surface area contributed by atoms with Crippen molar-refractivity contribution in [3.63, 3.8) is 0 Å². The van der Waals surface area contributed by atoms with Crippen LogP contribution in [0.3, 0.4) is 0 Å². The fourth-order valence-corrected chi connectivity index (χ4v) is 2.81. The van der Waals surface area contributed by atoms with Crippen molar-refractivity contribution in [2.45, 2.75) is 26.4 Å². The van der Waals surface area contributed by atoms with Crippen molar-refractivity contribution in [3.05, 3.63) is 64.8 Å². The topological polar surface area (TPSA) is 46.9 Å². The van der Waals surface area contributed by atoms with E-state index in [-0.39, 0.29) is 5.91 Å². The number of rotatable bonds is 5. The number of hydrogen-bond donors (Lipinski definition) is 1. The molecule has 0 aliphatic heterocycles. The lowest BCUT2D eigenvalue weighted by Gasteiger charge is -2.08. The Labute approximate surface area is 140 Å². The van der Waals surface area contributed by atoms with Crippen molar-refractivity contribution in [3.8, 4) is 0 Å². The predicted molar refractivity (Wildman–Crippen MR) is 92.4 cm³/mol. The Morgan fingerprint density at radius 1 is 1.17 bits per heavy atom. The first-order chi connectivity index (χ1) is 11.1. The van der Waals surface area contributed by atoms with Gasteiger partial charge >= 0.3 is 0 Å². The van der Waals surface area contributed by atoms with Crippen molar-refractivity contribution in [2.75, 3.05) is 0 Å². The molecular weight excluding hydrogens is 310 g/mol. The minimum Gasteiger partial charge on any atom is -0.352 e. The Morgan fingerprint density at radius 2 is 1.91 bits per heavy atom. The molecule has 0 bridgehead atoms. The number of fused-ring (bicyclic) bond motifs is 1. The van der Waals surface area contributed by atoms with Gasteiger partial charge in [0.25, 0.3) is 0 Å². The van der Waals surface area contributed by atoms with Crippen LogP contribution in [0.15, 0.2) is 48.5 Å². The van der Waals surface area contributed by atoms with Gasteiger partial charge in [-0.15, -0.1) is 0 Å². The Morgan fingerprint density at radius 3 is 2.74 bits per heavy atom. The molecule has 1 N–H and O–H groups in total. The number of amides is 1. The standard InChI is InChI=1S/C18H18ClN3O/c1-13-6-2-3-7-14(13)12-20-17(23)10-11-22-16-9-5-4-8-15(16)18(19)21-22/h2-9H,10-12H2,1H3,(H,20,23). The van der Waals surface area contributed by atoms with Crippen LogP contribution in [-0.2, 0) is 17.9 Å². The van der Waals surface area contributed by atoms with Crippen LogP contribution in [0.2, 0.25) is 5.15 Å². The Balaban J connectivity index is 1.59. The molecule has 118 valence electrons. The lowest BCUT2D eigenvalue weighted by molar-refractivity contribution is -0.121. The maximum atomic E-state index is 12.1. The summed E-state index contributed by atoms with van der Waals surface area (Å²) in [6.45, 7) is 3.10. The Bertz CT molecular complexity index is 841. The third kappa shape index (κ3) is 3.54.